The molecule has 27 heavy (non-hydrogen) atoms. The SMILES string of the molecule is Nc1c(=O)c2ccc(NCc3ccncc3)nc2n2c1sc1ccccc12. The summed E-state index contributed by atoms with van der Waals surface area (Å²) in [5.41, 5.74) is 8.95. The Morgan fingerprint density at radius 2 is 1.89 bits per heavy atom. The zero-order chi connectivity index (χ0) is 18.4. The van der Waals surface area contributed by atoms with Crippen LogP contribution >= 0.6 is 11.3 Å². The van der Waals surface area contributed by atoms with E-state index in [-0.39, 0.29) is 11.1 Å². The molecule has 5 aromatic rings. The number of benzene rings is 1. The highest BCUT2D eigenvalue weighted by molar-refractivity contribution is 7.24. The second-order valence-electron chi connectivity index (χ2n) is 6.23. The smallest absolute Gasteiger partial charge is 0.215 e. The van der Waals surface area contributed by atoms with E-state index in [0.717, 1.165) is 20.6 Å². The molecule has 1 aromatic carbocycles. The molecule has 3 N–H and O–H groups in total. The largest absolute Gasteiger partial charge is 0.393 e. The average molecular weight is 373 g/mol. The number of hydrogen-bond acceptors (Lipinski definition) is 6. The number of fused-ring (bicyclic) bond motifs is 5. The van der Waals surface area contributed by atoms with E-state index in [9.17, 15) is 4.79 Å². The summed E-state index contributed by atoms with van der Waals surface area (Å²) in [6, 6.07) is 15.5. The lowest BCUT2D eigenvalue weighted by atomic mass is 10.2. The normalized spacial score (nSPS) is 11.4. The van der Waals surface area contributed by atoms with E-state index < -0.39 is 0 Å². The highest BCUT2D eigenvalue weighted by Crippen LogP contribution is 2.31. The van der Waals surface area contributed by atoms with Crippen LogP contribution in [0.1, 0.15) is 5.56 Å². The number of nitrogen functional groups attached to an aromatic ring is 1. The van der Waals surface area contributed by atoms with E-state index in [1.165, 1.54) is 11.3 Å². The van der Waals surface area contributed by atoms with Gasteiger partial charge in [-0.2, -0.15) is 0 Å². The fourth-order valence-electron chi connectivity index (χ4n) is 3.20. The maximum atomic E-state index is 12.7. The van der Waals surface area contributed by atoms with Crippen LogP contribution in [0.4, 0.5) is 11.5 Å². The van der Waals surface area contributed by atoms with Gasteiger partial charge in [0.15, 0.2) is 5.65 Å². The Morgan fingerprint density at radius 1 is 1.07 bits per heavy atom. The van der Waals surface area contributed by atoms with E-state index >= 15 is 0 Å². The van der Waals surface area contributed by atoms with Crippen molar-refractivity contribution in [3.63, 3.8) is 0 Å². The van der Waals surface area contributed by atoms with Crippen LogP contribution in [0.15, 0.2) is 65.7 Å². The lowest BCUT2D eigenvalue weighted by molar-refractivity contribution is 1.10. The summed E-state index contributed by atoms with van der Waals surface area (Å²) in [5, 5.41) is 3.83. The topological polar surface area (TPSA) is 85.3 Å². The number of hydrogen-bond donors (Lipinski definition) is 2. The van der Waals surface area contributed by atoms with Crippen LogP contribution in [0, 0.1) is 0 Å². The molecule has 0 spiro atoms. The van der Waals surface area contributed by atoms with E-state index in [2.05, 4.69) is 10.3 Å². The molecule has 5 rings (SSSR count). The first-order valence-corrected chi connectivity index (χ1v) is 9.29. The number of nitrogens with zero attached hydrogens (tertiary/aromatic N) is 3. The first-order valence-electron chi connectivity index (χ1n) is 8.47. The predicted molar refractivity (Wildman–Crippen MR) is 110 cm³/mol. The van der Waals surface area contributed by atoms with Gasteiger partial charge in [-0.05, 0) is 42.0 Å². The number of anilines is 2. The molecule has 0 unspecified atom stereocenters. The second kappa shape index (κ2) is 6.07. The summed E-state index contributed by atoms with van der Waals surface area (Å²) in [4.78, 5) is 22.2. The minimum atomic E-state index is -0.176. The Balaban J connectivity index is 1.72. The van der Waals surface area contributed by atoms with Crippen LogP contribution < -0.4 is 16.5 Å². The molecule has 132 valence electrons. The third kappa shape index (κ3) is 2.51. The van der Waals surface area contributed by atoms with Gasteiger partial charge in [0.25, 0.3) is 0 Å². The predicted octanol–water partition coefficient (Wildman–Crippen LogP) is 3.65. The number of nitrogens with two attached hydrogens (primary N) is 1. The van der Waals surface area contributed by atoms with Gasteiger partial charge in [-0.25, -0.2) is 4.98 Å². The van der Waals surface area contributed by atoms with Gasteiger partial charge in [0, 0.05) is 18.9 Å². The summed E-state index contributed by atoms with van der Waals surface area (Å²) < 4.78 is 3.04. The van der Waals surface area contributed by atoms with Crippen molar-refractivity contribution in [1.82, 2.24) is 14.4 Å². The minimum absolute atomic E-state index is 0.176. The molecule has 0 fully saturated rings. The first kappa shape index (κ1) is 15.8. The minimum Gasteiger partial charge on any atom is -0.393 e. The van der Waals surface area contributed by atoms with Crippen molar-refractivity contribution in [1.29, 1.82) is 0 Å². The van der Waals surface area contributed by atoms with Crippen LogP contribution in [-0.2, 0) is 6.54 Å². The number of nitrogens with one attached hydrogen (secondary N) is 1. The molecule has 0 saturated carbocycles. The van der Waals surface area contributed by atoms with Crippen molar-refractivity contribution >= 4 is 48.9 Å². The van der Waals surface area contributed by atoms with Crippen molar-refractivity contribution in [2.24, 2.45) is 0 Å². The molecule has 6 nitrogen and oxygen atoms in total. The monoisotopic (exact) mass is 373 g/mol. The van der Waals surface area contributed by atoms with Crippen molar-refractivity contribution in [2.75, 3.05) is 11.1 Å². The van der Waals surface area contributed by atoms with E-state index in [4.69, 9.17) is 10.7 Å². The molecule has 0 radical (unpaired) electrons. The summed E-state index contributed by atoms with van der Waals surface area (Å²) >= 11 is 1.50. The highest BCUT2D eigenvalue weighted by atomic mass is 32.1. The van der Waals surface area contributed by atoms with Gasteiger partial charge in [0.1, 0.15) is 16.3 Å². The van der Waals surface area contributed by atoms with Crippen LogP contribution in [0.2, 0.25) is 0 Å². The molecule has 4 heterocycles. The van der Waals surface area contributed by atoms with E-state index in [1.54, 1.807) is 18.5 Å². The van der Waals surface area contributed by atoms with Gasteiger partial charge in [-0.3, -0.25) is 14.2 Å². The Labute approximate surface area is 157 Å². The lowest BCUT2D eigenvalue weighted by Gasteiger charge is -2.09. The van der Waals surface area contributed by atoms with Gasteiger partial charge in [0.05, 0.1) is 15.6 Å². The molecule has 0 atom stereocenters. The van der Waals surface area contributed by atoms with Gasteiger partial charge >= 0.3 is 0 Å². The van der Waals surface area contributed by atoms with Gasteiger partial charge in [-0.15, -0.1) is 11.3 Å². The quantitative estimate of drug-likeness (QED) is 0.504. The fraction of sp³-hybridized carbons (Fsp3) is 0.0500. The fourth-order valence-corrected chi connectivity index (χ4v) is 4.30. The van der Waals surface area contributed by atoms with Crippen LogP contribution in [0.5, 0.6) is 0 Å². The maximum absolute atomic E-state index is 12.7. The molecule has 0 bridgehead atoms. The van der Waals surface area contributed by atoms with Gasteiger partial charge < -0.3 is 11.1 Å². The Morgan fingerprint density at radius 3 is 2.74 bits per heavy atom. The van der Waals surface area contributed by atoms with Gasteiger partial charge in [-0.1, -0.05) is 12.1 Å². The lowest BCUT2D eigenvalue weighted by Crippen LogP contribution is -2.13. The number of pyridine rings is 3. The molecule has 4 aromatic heterocycles. The van der Waals surface area contributed by atoms with Crippen molar-refractivity contribution in [3.8, 4) is 0 Å². The average Bonchev–Trinajstić information content (AvgIpc) is 3.11. The summed E-state index contributed by atoms with van der Waals surface area (Å²) in [6.45, 7) is 0.623. The summed E-state index contributed by atoms with van der Waals surface area (Å²) in [7, 11) is 0. The van der Waals surface area contributed by atoms with Crippen molar-refractivity contribution < 1.29 is 0 Å². The van der Waals surface area contributed by atoms with Crippen LogP contribution in [0.25, 0.3) is 26.1 Å². The number of aromatic nitrogens is 3. The van der Waals surface area contributed by atoms with E-state index in [1.807, 2.05) is 46.9 Å². The standard InChI is InChI=1S/C20H15N5OS/c21-17-18(26)13-5-6-16(23-11-12-7-9-22-10-8-12)24-19(13)25-14-3-1-2-4-15(14)27-20(17)25/h1-10H,11,21H2,(H,23,24). The molecular formula is C20H15N5OS. The highest BCUT2D eigenvalue weighted by Gasteiger charge is 2.15. The summed E-state index contributed by atoms with van der Waals surface area (Å²) in [5.74, 6) is 0.701. The third-order valence-electron chi connectivity index (χ3n) is 4.55. The third-order valence-corrected chi connectivity index (χ3v) is 5.71. The van der Waals surface area contributed by atoms with Crippen LogP contribution in [0.3, 0.4) is 0 Å². The Bertz CT molecular complexity index is 1360. The Kier molecular flexibility index (Phi) is 3.54. The molecule has 0 aliphatic carbocycles. The second-order valence-corrected chi connectivity index (χ2v) is 7.26. The number of thiazole rings is 1. The molecule has 7 heteroatoms. The number of para-hydroxylation sites is 1. The molecule has 0 amide bonds. The zero-order valence-electron chi connectivity index (χ0n) is 14.2. The molecule has 0 saturated heterocycles. The zero-order valence-corrected chi connectivity index (χ0v) is 15.0. The van der Waals surface area contributed by atoms with E-state index in [0.29, 0.717) is 23.4 Å². The molecular weight excluding hydrogens is 358 g/mol. The maximum Gasteiger partial charge on any atom is 0.215 e. The van der Waals surface area contributed by atoms with Crippen molar-refractivity contribution in [3.05, 3.63) is 76.7 Å². The van der Waals surface area contributed by atoms with Crippen LogP contribution in [-0.4, -0.2) is 14.4 Å². The Hall–Kier alpha value is -3.45. The number of rotatable bonds is 3. The molecule has 0 aliphatic rings. The first-order chi connectivity index (χ1) is 13.2. The molecule has 0 aliphatic heterocycles. The van der Waals surface area contributed by atoms with Crippen molar-refractivity contribution in [2.45, 2.75) is 6.54 Å². The summed E-state index contributed by atoms with van der Waals surface area (Å²) in [6.07, 6.45) is 3.52. The van der Waals surface area contributed by atoms with Gasteiger partial charge in [0.2, 0.25) is 5.43 Å².